The fourth-order valence-corrected chi connectivity index (χ4v) is 5.51. The number of sulfonamides is 1. The fourth-order valence-electron chi connectivity index (χ4n) is 3.81. The van der Waals surface area contributed by atoms with Crippen LogP contribution in [0.5, 0.6) is 0 Å². The van der Waals surface area contributed by atoms with Gasteiger partial charge in [0.1, 0.15) is 6.04 Å². The normalized spacial score (nSPS) is 24.9. The van der Waals surface area contributed by atoms with Crippen molar-refractivity contribution in [3.05, 3.63) is 29.8 Å². The number of carboxylic acids is 1. The van der Waals surface area contributed by atoms with E-state index in [2.05, 4.69) is 0 Å². The van der Waals surface area contributed by atoms with Gasteiger partial charge < -0.3 is 5.11 Å². The molecule has 5 nitrogen and oxygen atoms in total. The van der Waals surface area contributed by atoms with Crippen molar-refractivity contribution in [1.29, 1.82) is 0 Å². The lowest BCUT2D eigenvalue weighted by Crippen LogP contribution is -2.40. The van der Waals surface area contributed by atoms with Crippen molar-refractivity contribution in [3.8, 4) is 0 Å². The van der Waals surface area contributed by atoms with Crippen molar-refractivity contribution in [2.75, 3.05) is 6.54 Å². The molecule has 0 aromatic heterocycles. The monoisotopic (exact) mass is 323 g/mol. The summed E-state index contributed by atoms with van der Waals surface area (Å²) in [5, 5.41) is 9.48. The molecule has 1 aliphatic carbocycles. The van der Waals surface area contributed by atoms with Gasteiger partial charge in [0.15, 0.2) is 0 Å². The van der Waals surface area contributed by atoms with Crippen molar-refractivity contribution in [1.82, 2.24) is 4.31 Å². The number of carbonyl (C=O) groups is 1. The third-order valence-electron chi connectivity index (χ3n) is 5.04. The van der Waals surface area contributed by atoms with Gasteiger partial charge in [-0.3, -0.25) is 4.79 Å². The largest absolute Gasteiger partial charge is 0.480 e. The Morgan fingerprint density at radius 2 is 1.82 bits per heavy atom. The predicted octanol–water partition coefficient (Wildman–Crippen LogP) is 2.40. The Balaban J connectivity index is 1.97. The van der Waals surface area contributed by atoms with E-state index in [0.29, 0.717) is 13.0 Å². The molecule has 6 heteroatoms. The molecule has 22 heavy (non-hydrogen) atoms. The molecule has 0 amide bonds. The number of hydrogen-bond donors (Lipinski definition) is 1. The summed E-state index contributed by atoms with van der Waals surface area (Å²) in [5.41, 5.74) is 0.836. The maximum atomic E-state index is 12.9. The van der Waals surface area contributed by atoms with E-state index in [9.17, 15) is 18.3 Å². The van der Waals surface area contributed by atoms with E-state index in [-0.39, 0.29) is 10.3 Å². The minimum atomic E-state index is -3.76. The summed E-state index contributed by atoms with van der Waals surface area (Å²) >= 11 is 0. The minimum Gasteiger partial charge on any atom is -0.480 e. The first-order chi connectivity index (χ1) is 10.3. The van der Waals surface area contributed by atoms with Gasteiger partial charge in [0.05, 0.1) is 4.90 Å². The van der Waals surface area contributed by atoms with Gasteiger partial charge in [0, 0.05) is 6.54 Å². The zero-order valence-corrected chi connectivity index (χ0v) is 13.5. The third kappa shape index (κ3) is 2.54. The topological polar surface area (TPSA) is 74.7 Å². The molecule has 0 unspecified atom stereocenters. The van der Waals surface area contributed by atoms with E-state index in [4.69, 9.17) is 0 Å². The molecule has 3 rings (SSSR count). The van der Waals surface area contributed by atoms with Gasteiger partial charge in [-0.05, 0) is 43.7 Å². The van der Waals surface area contributed by atoms with Gasteiger partial charge in [-0.25, -0.2) is 8.42 Å². The maximum absolute atomic E-state index is 12.9. The molecule has 0 radical (unpaired) electrons. The molecule has 1 saturated heterocycles. The average Bonchev–Trinajstić information content (AvgIpc) is 3.08. The fraction of sp³-hybridized carbons (Fsp3) is 0.562. The summed E-state index contributed by atoms with van der Waals surface area (Å²) in [6.07, 6.45) is 4.41. The number of nitrogens with zero attached hydrogens (tertiary/aromatic N) is 1. The first-order valence-electron chi connectivity index (χ1n) is 7.65. The van der Waals surface area contributed by atoms with Crippen LogP contribution in [0.1, 0.15) is 37.7 Å². The SMILES string of the molecule is Cc1ccc(S(=O)(=O)N2CC3(CCCC3)C[C@@H]2C(=O)O)cc1. The summed E-state index contributed by atoms with van der Waals surface area (Å²) in [4.78, 5) is 11.8. The van der Waals surface area contributed by atoms with Crippen LogP contribution in [-0.4, -0.2) is 36.4 Å². The molecular formula is C16H21NO4S. The summed E-state index contributed by atoms with van der Waals surface area (Å²) < 4.78 is 26.9. The van der Waals surface area contributed by atoms with E-state index in [1.165, 1.54) is 4.31 Å². The first-order valence-corrected chi connectivity index (χ1v) is 9.09. The van der Waals surface area contributed by atoms with Gasteiger partial charge in [0.25, 0.3) is 0 Å². The molecule has 2 fully saturated rings. The number of aliphatic carboxylic acids is 1. The Labute approximate surface area is 131 Å². The van der Waals surface area contributed by atoms with Crippen LogP contribution >= 0.6 is 0 Å². The average molecular weight is 323 g/mol. The summed E-state index contributed by atoms with van der Waals surface area (Å²) in [7, 11) is -3.76. The highest BCUT2D eigenvalue weighted by molar-refractivity contribution is 7.89. The van der Waals surface area contributed by atoms with Crippen molar-refractivity contribution in [2.45, 2.75) is 50.0 Å². The second kappa shape index (κ2) is 5.35. The molecule has 2 aliphatic rings. The molecule has 120 valence electrons. The molecule has 1 aliphatic heterocycles. The Hall–Kier alpha value is -1.40. The van der Waals surface area contributed by atoms with Crippen molar-refractivity contribution in [2.24, 2.45) is 5.41 Å². The van der Waals surface area contributed by atoms with Crippen molar-refractivity contribution >= 4 is 16.0 Å². The summed E-state index contributed by atoms with van der Waals surface area (Å²) in [5.74, 6) is -1.04. The zero-order valence-electron chi connectivity index (χ0n) is 12.7. The quantitative estimate of drug-likeness (QED) is 0.927. The Morgan fingerprint density at radius 1 is 1.23 bits per heavy atom. The minimum absolute atomic E-state index is 0.138. The molecule has 1 N–H and O–H groups in total. The van der Waals surface area contributed by atoms with E-state index in [1.807, 2.05) is 6.92 Å². The molecular weight excluding hydrogens is 302 g/mol. The predicted molar refractivity (Wildman–Crippen MR) is 82.0 cm³/mol. The van der Waals surface area contributed by atoms with Gasteiger partial charge in [0.2, 0.25) is 10.0 Å². The van der Waals surface area contributed by atoms with Crippen LogP contribution in [-0.2, 0) is 14.8 Å². The zero-order chi connectivity index (χ0) is 16.0. The van der Waals surface area contributed by atoms with E-state index in [1.54, 1.807) is 24.3 Å². The number of carboxylic acid groups (broad SMARTS) is 1. The number of rotatable bonds is 3. The van der Waals surface area contributed by atoms with E-state index < -0.39 is 22.0 Å². The van der Waals surface area contributed by atoms with E-state index in [0.717, 1.165) is 31.2 Å². The highest BCUT2D eigenvalue weighted by Gasteiger charge is 2.52. The highest BCUT2D eigenvalue weighted by Crippen LogP contribution is 2.49. The number of hydrogen-bond acceptors (Lipinski definition) is 3. The number of aryl methyl sites for hydroxylation is 1. The Morgan fingerprint density at radius 3 is 2.36 bits per heavy atom. The van der Waals surface area contributed by atoms with Crippen molar-refractivity contribution in [3.63, 3.8) is 0 Å². The molecule has 0 bridgehead atoms. The van der Waals surface area contributed by atoms with Crippen LogP contribution in [0.4, 0.5) is 0 Å². The lowest BCUT2D eigenvalue weighted by atomic mass is 9.84. The van der Waals surface area contributed by atoms with Gasteiger partial charge >= 0.3 is 5.97 Å². The van der Waals surface area contributed by atoms with Crippen LogP contribution in [0.25, 0.3) is 0 Å². The second-order valence-corrected chi connectivity index (χ2v) is 8.52. The lowest BCUT2D eigenvalue weighted by molar-refractivity contribution is -0.140. The molecule has 1 aromatic rings. The standard InChI is InChI=1S/C16H21NO4S/c1-12-4-6-13(7-5-12)22(20,21)17-11-16(8-2-3-9-16)10-14(17)15(18)19/h4-7,14H,2-3,8-11H2,1H3,(H,18,19)/t14-/m1/s1. The summed E-state index contributed by atoms with van der Waals surface area (Å²) in [6, 6.07) is 5.66. The number of benzene rings is 1. The van der Waals surface area contributed by atoms with Crippen molar-refractivity contribution < 1.29 is 18.3 Å². The summed E-state index contributed by atoms with van der Waals surface area (Å²) in [6.45, 7) is 2.22. The van der Waals surface area contributed by atoms with Gasteiger partial charge in [-0.2, -0.15) is 4.31 Å². The van der Waals surface area contributed by atoms with Crippen LogP contribution in [0.3, 0.4) is 0 Å². The Bertz CT molecular complexity index is 675. The van der Waals surface area contributed by atoms with Crippen LogP contribution in [0.15, 0.2) is 29.2 Å². The van der Waals surface area contributed by atoms with E-state index >= 15 is 0 Å². The molecule has 1 atom stereocenters. The van der Waals surface area contributed by atoms with Gasteiger partial charge in [-0.15, -0.1) is 0 Å². The van der Waals surface area contributed by atoms with Crippen LogP contribution < -0.4 is 0 Å². The first kappa shape index (κ1) is 15.5. The van der Waals surface area contributed by atoms with Crippen LogP contribution in [0.2, 0.25) is 0 Å². The Kier molecular flexibility index (Phi) is 3.77. The lowest BCUT2D eigenvalue weighted by Gasteiger charge is -2.23. The third-order valence-corrected chi connectivity index (χ3v) is 6.91. The highest BCUT2D eigenvalue weighted by atomic mass is 32.2. The smallest absolute Gasteiger partial charge is 0.322 e. The van der Waals surface area contributed by atoms with Crippen LogP contribution in [0, 0.1) is 12.3 Å². The maximum Gasteiger partial charge on any atom is 0.322 e. The molecule has 1 heterocycles. The molecule has 1 spiro atoms. The second-order valence-electron chi connectivity index (χ2n) is 6.63. The molecule has 1 saturated carbocycles. The molecule has 1 aromatic carbocycles. The van der Waals surface area contributed by atoms with Gasteiger partial charge in [-0.1, -0.05) is 30.5 Å².